The molecular weight excluding hydrogens is 348 g/mol. The summed E-state index contributed by atoms with van der Waals surface area (Å²) in [5.74, 6) is 0.875. The topological polar surface area (TPSA) is 0 Å². The Morgan fingerprint density at radius 3 is 2.00 bits per heavy atom. The maximum absolute atomic E-state index is 3.56. The lowest BCUT2D eigenvalue weighted by Gasteiger charge is -2.11. The molecule has 0 nitrogen and oxygen atoms in total. The minimum Gasteiger partial charge on any atom is -0.0928 e. The van der Waals surface area contributed by atoms with Crippen molar-refractivity contribution in [2.45, 2.75) is 32.1 Å². The van der Waals surface area contributed by atoms with Crippen LogP contribution in [0.15, 0.2) is 0 Å². The lowest BCUT2D eigenvalue weighted by atomic mass is 10.0. The maximum atomic E-state index is 3.56. The minimum atomic E-state index is 0.875. The van der Waals surface area contributed by atoms with E-state index < -0.39 is 0 Å². The average molecular weight is 365 g/mol. The Kier molecular flexibility index (Phi) is 11.8. The van der Waals surface area contributed by atoms with E-state index in [-0.39, 0.29) is 0 Å². The molecule has 0 aliphatic heterocycles. The summed E-state index contributed by atoms with van der Waals surface area (Å²) >= 11 is 10.5. The summed E-state index contributed by atoms with van der Waals surface area (Å²) in [6, 6.07) is 0. The smallest absolute Gasteiger partial charge is 0.00599 e. The van der Waals surface area contributed by atoms with Gasteiger partial charge in [0.2, 0.25) is 0 Å². The molecule has 0 aliphatic rings. The summed E-state index contributed by atoms with van der Waals surface area (Å²) in [6.45, 7) is 0. The van der Waals surface area contributed by atoms with Crippen LogP contribution in [0.3, 0.4) is 0 Å². The van der Waals surface area contributed by atoms with E-state index in [9.17, 15) is 0 Å². The van der Waals surface area contributed by atoms with Crippen LogP contribution in [0, 0.1) is 5.92 Å². The fourth-order valence-electron chi connectivity index (χ4n) is 1.16. The summed E-state index contributed by atoms with van der Waals surface area (Å²) in [6.07, 6.45) is 6.76. The third-order valence-corrected chi connectivity index (χ3v) is 3.92. The largest absolute Gasteiger partial charge is 0.0928 e. The SMILES string of the molecule is BrCCCCCC(CBr)CCBr. The van der Waals surface area contributed by atoms with Crippen molar-refractivity contribution in [1.82, 2.24) is 0 Å². The molecule has 0 fully saturated rings. The zero-order chi connectivity index (χ0) is 9.23. The van der Waals surface area contributed by atoms with Crippen molar-refractivity contribution in [2.24, 2.45) is 5.92 Å². The summed E-state index contributed by atoms with van der Waals surface area (Å²) in [5.41, 5.74) is 0. The molecule has 1 unspecified atom stereocenters. The van der Waals surface area contributed by atoms with Crippen molar-refractivity contribution in [3.8, 4) is 0 Å². The molecule has 0 rings (SSSR count). The first-order valence-electron chi connectivity index (χ1n) is 4.53. The zero-order valence-corrected chi connectivity index (χ0v) is 12.1. The molecule has 0 aromatic carbocycles. The molecule has 0 spiro atoms. The summed E-state index contributed by atoms with van der Waals surface area (Å²) < 4.78 is 0. The molecule has 0 radical (unpaired) electrons. The monoisotopic (exact) mass is 362 g/mol. The number of rotatable bonds is 8. The molecule has 1 atom stereocenters. The Bertz CT molecular complexity index is 85.8. The molecule has 0 amide bonds. The van der Waals surface area contributed by atoms with Gasteiger partial charge >= 0.3 is 0 Å². The zero-order valence-electron chi connectivity index (χ0n) is 7.37. The summed E-state index contributed by atoms with van der Waals surface area (Å²) in [4.78, 5) is 0. The fraction of sp³-hybridized carbons (Fsp3) is 1.00. The van der Waals surface area contributed by atoms with Gasteiger partial charge in [-0.05, 0) is 25.2 Å². The Balaban J connectivity index is 3.19. The van der Waals surface area contributed by atoms with E-state index in [2.05, 4.69) is 47.8 Å². The molecule has 0 aliphatic carbocycles. The van der Waals surface area contributed by atoms with Crippen LogP contribution in [0.5, 0.6) is 0 Å². The predicted octanol–water partition coefficient (Wildman–Crippen LogP) is 4.74. The van der Waals surface area contributed by atoms with Gasteiger partial charge in [-0.15, -0.1) is 0 Å². The Hall–Kier alpha value is 1.44. The van der Waals surface area contributed by atoms with Gasteiger partial charge in [-0.3, -0.25) is 0 Å². The molecule has 0 aromatic rings. The molecule has 0 aromatic heterocycles. The van der Waals surface area contributed by atoms with E-state index in [0.717, 1.165) is 21.9 Å². The van der Waals surface area contributed by atoms with Gasteiger partial charge < -0.3 is 0 Å². The molecule has 0 N–H and O–H groups in total. The number of halogens is 3. The van der Waals surface area contributed by atoms with Crippen LogP contribution in [0.1, 0.15) is 32.1 Å². The quantitative estimate of drug-likeness (QED) is 0.431. The number of alkyl halides is 3. The Labute approximate surface area is 101 Å². The molecule has 74 valence electrons. The van der Waals surface area contributed by atoms with Gasteiger partial charge in [0.1, 0.15) is 0 Å². The Morgan fingerprint density at radius 2 is 1.50 bits per heavy atom. The number of hydrogen-bond donors (Lipinski definition) is 0. The van der Waals surface area contributed by atoms with Crippen molar-refractivity contribution in [2.75, 3.05) is 16.0 Å². The van der Waals surface area contributed by atoms with Gasteiger partial charge in [-0.1, -0.05) is 60.6 Å². The second kappa shape index (κ2) is 10.5. The summed E-state index contributed by atoms with van der Waals surface area (Å²) in [7, 11) is 0. The molecule has 3 heteroatoms. The van der Waals surface area contributed by atoms with Crippen LogP contribution in [-0.4, -0.2) is 16.0 Å². The first-order valence-corrected chi connectivity index (χ1v) is 7.89. The van der Waals surface area contributed by atoms with Crippen LogP contribution in [0.25, 0.3) is 0 Å². The van der Waals surface area contributed by atoms with Gasteiger partial charge in [0.25, 0.3) is 0 Å². The molecule has 12 heavy (non-hydrogen) atoms. The maximum Gasteiger partial charge on any atom is 0.00599 e. The van der Waals surface area contributed by atoms with Gasteiger partial charge in [0.15, 0.2) is 0 Å². The van der Waals surface area contributed by atoms with Crippen LogP contribution in [-0.2, 0) is 0 Å². The second-order valence-corrected chi connectivity index (χ2v) is 5.27. The molecule has 0 bridgehead atoms. The van der Waals surface area contributed by atoms with E-state index in [4.69, 9.17) is 0 Å². The van der Waals surface area contributed by atoms with E-state index in [0.29, 0.717) is 0 Å². The van der Waals surface area contributed by atoms with Gasteiger partial charge in [0, 0.05) is 16.0 Å². The van der Waals surface area contributed by atoms with Crippen molar-refractivity contribution in [1.29, 1.82) is 0 Å². The number of hydrogen-bond acceptors (Lipinski definition) is 0. The minimum absolute atomic E-state index is 0.875. The first-order chi connectivity index (χ1) is 5.85. The standard InChI is InChI=1S/C9H17Br3/c10-6-3-1-2-4-9(8-12)5-7-11/h9H,1-8H2. The lowest BCUT2D eigenvalue weighted by Crippen LogP contribution is -2.02. The lowest BCUT2D eigenvalue weighted by molar-refractivity contribution is 0.497. The van der Waals surface area contributed by atoms with Crippen LogP contribution in [0.4, 0.5) is 0 Å². The van der Waals surface area contributed by atoms with Gasteiger partial charge in [0.05, 0.1) is 0 Å². The van der Waals surface area contributed by atoms with Gasteiger partial charge in [-0.2, -0.15) is 0 Å². The van der Waals surface area contributed by atoms with Crippen LogP contribution < -0.4 is 0 Å². The van der Waals surface area contributed by atoms with E-state index >= 15 is 0 Å². The highest BCUT2D eigenvalue weighted by Gasteiger charge is 2.04. The molecular formula is C9H17Br3. The Morgan fingerprint density at radius 1 is 0.750 bits per heavy atom. The van der Waals surface area contributed by atoms with Crippen LogP contribution in [0.2, 0.25) is 0 Å². The van der Waals surface area contributed by atoms with Gasteiger partial charge in [-0.25, -0.2) is 0 Å². The van der Waals surface area contributed by atoms with Crippen molar-refractivity contribution in [3.63, 3.8) is 0 Å². The summed E-state index contributed by atoms with van der Waals surface area (Å²) in [5, 5.41) is 3.46. The first kappa shape index (κ1) is 13.4. The molecule has 0 saturated carbocycles. The number of unbranched alkanes of at least 4 members (excludes halogenated alkanes) is 2. The van der Waals surface area contributed by atoms with E-state index in [1.54, 1.807) is 0 Å². The average Bonchev–Trinajstić information content (AvgIpc) is 2.10. The normalized spacial score (nSPS) is 13.2. The highest BCUT2D eigenvalue weighted by molar-refractivity contribution is 9.09. The van der Waals surface area contributed by atoms with Crippen molar-refractivity contribution >= 4 is 47.8 Å². The van der Waals surface area contributed by atoms with Crippen molar-refractivity contribution < 1.29 is 0 Å². The van der Waals surface area contributed by atoms with E-state index in [1.165, 1.54) is 32.1 Å². The predicted molar refractivity (Wildman–Crippen MR) is 68.0 cm³/mol. The highest BCUT2D eigenvalue weighted by Crippen LogP contribution is 2.17. The molecule has 0 heterocycles. The fourth-order valence-corrected chi connectivity index (χ4v) is 2.85. The third-order valence-electron chi connectivity index (χ3n) is 1.98. The third kappa shape index (κ3) is 8.06. The van der Waals surface area contributed by atoms with E-state index in [1.807, 2.05) is 0 Å². The van der Waals surface area contributed by atoms with Crippen LogP contribution >= 0.6 is 47.8 Å². The molecule has 0 saturated heterocycles. The highest BCUT2D eigenvalue weighted by atomic mass is 79.9. The second-order valence-electron chi connectivity index (χ2n) is 3.04. The van der Waals surface area contributed by atoms with Crippen molar-refractivity contribution in [3.05, 3.63) is 0 Å².